The minimum atomic E-state index is -0.910. The van der Waals surface area contributed by atoms with E-state index in [4.69, 9.17) is 21.4 Å². The Hall–Kier alpha value is -1.17. The summed E-state index contributed by atoms with van der Waals surface area (Å²) in [5.41, 5.74) is 0.631. The average molecular weight is 288 g/mol. The standard InChI is InChI=1S/C13H15ClFNO3/c14-10-2-1-9(7-11(10)15)12(8-13(17)18)16-3-5-19-6-4-16/h1-2,7,12H,3-6,8H2,(H,17,18). The largest absolute Gasteiger partial charge is 0.481 e. The fourth-order valence-electron chi connectivity index (χ4n) is 2.23. The zero-order valence-corrected chi connectivity index (χ0v) is 11.1. The molecule has 19 heavy (non-hydrogen) atoms. The van der Waals surface area contributed by atoms with E-state index in [1.807, 2.05) is 4.90 Å². The van der Waals surface area contributed by atoms with Crippen LogP contribution in [-0.2, 0) is 9.53 Å². The molecule has 1 atom stereocenters. The molecule has 0 saturated carbocycles. The summed E-state index contributed by atoms with van der Waals surface area (Å²) in [6.07, 6.45) is -0.0684. The molecule has 0 aromatic heterocycles. The molecule has 1 heterocycles. The second-order valence-corrected chi connectivity index (χ2v) is 4.84. The Morgan fingerprint density at radius 1 is 1.47 bits per heavy atom. The normalized spacial score (nSPS) is 18.2. The van der Waals surface area contributed by atoms with Gasteiger partial charge in [-0.05, 0) is 17.7 Å². The molecule has 0 spiro atoms. The third kappa shape index (κ3) is 3.65. The molecule has 1 aliphatic heterocycles. The molecule has 2 rings (SSSR count). The van der Waals surface area contributed by atoms with Crippen molar-refractivity contribution in [3.8, 4) is 0 Å². The summed E-state index contributed by atoms with van der Waals surface area (Å²) >= 11 is 5.65. The van der Waals surface area contributed by atoms with Crippen molar-refractivity contribution in [2.24, 2.45) is 0 Å². The molecule has 1 unspecified atom stereocenters. The maximum Gasteiger partial charge on any atom is 0.305 e. The van der Waals surface area contributed by atoms with E-state index in [0.717, 1.165) is 0 Å². The van der Waals surface area contributed by atoms with E-state index in [1.165, 1.54) is 12.1 Å². The molecular formula is C13H15ClFNO3. The van der Waals surface area contributed by atoms with Crippen LogP contribution in [0.4, 0.5) is 4.39 Å². The van der Waals surface area contributed by atoms with Crippen LogP contribution in [0.3, 0.4) is 0 Å². The smallest absolute Gasteiger partial charge is 0.305 e. The van der Waals surface area contributed by atoms with Crippen LogP contribution in [0.5, 0.6) is 0 Å². The third-order valence-electron chi connectivity index (χ3n) is 3.18. The van der Waals surface area contributed by atoms with E-state index in [0.29, 0.717) is 31.9 Å². The van der Waals surface area contributed by atoms with Crippen LogP contribution in [0, 0.1) is 5.82 Å². The highest BCUT2D eigenvalue weighted by molar-refractivity contribution is 6.30. The lowest BCUT2D eigenvalue weighted by Gasteiger charge is -2.34. The number of rotatable bonds is 4. The SMILES string of the molecule is O=C(O)CC(c1ccc(Cl)c(F)c1)N1CCOCC1. The molecule has 1 fully saturated rings. The fourth-order valence-corrected chi connectivity index (χ4v) is 2.35. The Balaban J connectivity index is 2.24. The quantitative estimate of drug-likeness (QED) is 0.923. The van der Waals surface area contributed by atoms with Crippen molar-refractivity contribution < 1.29 is 19.0 Å². The Morgan fingerprint density at radius 3 is 2.74 bits per heavy atom. The van der Waals surface area contributed by atoms with Gasteiger partial charge in [0.15, 0.2) is 0 Å². The van der Waals surface area contributed by atoms with Crippen molar-refractivity contribution >= 4 is 17.6 Å². The number of benzene rings is 1. The lowest BCUT2D eigenvalue weighted by atomic mass is 10.0. The number of morpholine rings is 1. The minimum Gasteiger partial charge on any atom is -0.481 e. The topological polar surface area (TPSA) is 49.8 Å². The average Bonchev–Trinajstić information content (AvgIpc) is 2.40. The Morgan fingerprint density at radius 2 is 2.16 bits per heavy atom. The van der Waals surface area contributed by atoms with Gasteiger partial charge in [-0.3, -0.25) is 9.69 Å². The van der Waals surface area contributed by atoms with Crippen molar-refractivity contribution in [3.63, 3.8) is 0 Å². The van der Waals surface area contributed by atoms with E-state index in [-0.39, 0.29) is 17.5 Å². The summed E-state index contributed by atoms with van der Waals surface area (Å²) < 4.78 is 18.8. The molecule has 0 radical (unpaired) electrons. The molecule has 1 N–H and O–H groups in total. The second kappa shape index (κ2) is 6.32. The van der Waals surface area contributed by atoms with E-state index in [2.05, 4.69) is 0 Å². The molecular weight excluding hydrogens is 273 g/mol. The van der Waals surface area contributed by atoms with Crippen molar-refractivity contribution in [2.45, 2.75) is 12.5 Å². The number of nitrogens with zero attached hydrogens (tertiary/aromatic N) is 1. The van der Waals surface area contributed by atoms with Crippen LogP contribution in [0.1, 0.15) is 18.0 Å². The first-order valence-electron chi connectivity index (χ1n) is 6.06. The maximum atomic E-state index is 13.5. The molecule has 0 aliphatic carbocycles. The molecule has 1 saturated heterocycles. The van der Waals surface area contributed by atoms with E-state index >= 15 is 0 Å². The van der Waals surface area contributed by atoms with Crippen LogP contribution < -0.4 is 0 Å². The van der Waals surface area contributed by atoms with Gasteiger partial charge in [0.05, 0.1) is 24.7 Å². The van der Waals surface area contributed by atoms with Crippen molar-refractivity contribution in [3.05, 3.63) is 34.6 Å². The molecule has 1 aromatic carbocycles. The van der Waals surface area contributed by atoms with Gasteiger partial charge in [0.25, 0.3) is 0 Å². The number of ether oxygens (including phenoxy) is 1. The number of hydrogen-bond acceptors (Lipinski definition) is 3. The number of halogens is 2. The number of carbonyl (C=O) groups is 1. The number of carboxylic acid groups (broad SMARTS) is 1. The number of hydrogen-bond donors (Lipinski definition) is 1. The van der Waals surface area contributed by atoms with Gasteiger partial charge in [-0.15, -0.1) is 0 Å². The van der Waals surface area contributed by atoms with Gasteiger partial charge in [-0.2, -0.15) is 0 Å². The Labute approximate surface area is 115 Å². The Kier molecular flexibility index (Phi) is 4.74. The highest BCUT2D eigenvalue weighted by Gasteiger charge is 2.25. The highest BCUT2D eigenvalue weighted by Crippen LogP contribution is 2.28. The predicted molar refractivity (Wildman–Crippen MR) is 68.8 cm³/mol. The molecule has 1 aliphatic rings. The summed E-state index contributed by atoms with van der Waals surface area (Å²) in [7, 11) is 0. The van der Waals surface area contributed by atoms with Gasteiger partial charge in [-0.1, -0.05) is 17.7 Å². The van der Waals surface area contributed by atoms with Gasteiger partial charge < -0.3 is 9.84 Å². The predicted octanol–water partition coefficient (Wildman–Crippen LogP) is 2.33. The molecule has 1 aromatic rings. The summed E-state index contributed by atoms with van der Waals surface area (Å²) in [4.78, 5) is 13.0. The molecule has 0 amide bonds. The molecule has 4 nitrogen and oxygen atoms in total. The van der Waals surface area contributed by atoms with Crippen molar-refractivity contribution in [1.82, 2.24) is 4.90 Å². The maximum absolute atomic E-state index is 13.5. The summed E-state index contributed by atoms with van der Waals surface area (Å²) in [6.45, 7) is 2.41. The number of carboxylic acids is 1. The summed E-state index contributed by atoms with van der Waals surface area (Å²) in [5, 5.41) is 9.06. The third-order valence-corrected chi connectivity index (χ3v) is 3.49. The van der Waals surface area contributed by atoms with Crippen LogP contribution in [0.2, 0.25) is 5.02 Å². The lowest BCUT2D eigenvalue weighted by molar-refractivity contribution is -0.139. The van der Waals surface area contributed by atoms with Gasteiger partial charge >= 0.3 is 5.97 Å². The fraction of sp³-hybridized carbons (Fsp3) is 0.462. The first-order chi connectivity index (χ1) is 9.08. The zero-order chi connectivity index (χ0) is 13.8. The van der Waals surface area contributed by atoms with E-state index in [9.17, 15) is 9.18 Å². The summed E-state index contributed by atoms with van der Waals surface area (Å²) in [5.74, 6) is -1.44. The van der Waals surface area contributed by atoms with Crippen LogP contribution in [0.25, 0.3) is 0 Å². The first kappa shape index (κ1) is 14.2. The van der Waals surface area contributed by atoms with E-state index < -0.39 is 11.8 Å². The van der Waals surface area contributed by atoms with Gasteiger partial charge in [-0.25, -0.2) is 4.39 Å². The van der Waals surface area contributed by atoms with Gasteiger partial charge in [0.1, 0.15) is 5.82 Å². The van der Waals surface area contributed by atoms with Crippen molar-refractivity contribution in [2.75, 3.05) is 26.3 Å². The zero-order valence-electron chi connectivity index (χ0n) is 10.3. The number of aliphatic carboxylic acids is 1. The molecule has 0 bridgehead atoms. The monoisotopic (exact) mass is 287 g/mol. The van der Waals surface area contributed by atoms with Crippen molar-refractivity contribution in [1.29, 1.82) is 0 Å². The highest BCUT2D eigenvalue weighted by atomic mass is 35.5. The van der Waals surface area contributed by atoms with Crippen LogP contribution in [0.15, 0.2) is 18.2 Å². The van der Waals surface area contributed by atoms with Gasteiger partial charge in [0.2, 0.25) is 0 Å². The van der Waals surface area contributed by atoms with Crippen LogP contribution >= 0.6 is 11.6 Å². The minimum absolute atomic E-state index is 0.0415. The molecule has 104 valence electrons. The molecule has 6 heteroatoms. The van der Waals surface area contributed by atoms with Gasteiger partial charge in [0, 0.05) is 19.1 Å². The summed E-state index contributed by atoms with van der Waals surface area (Å²) in [6, 6.07) is 4.09. The Bertz CT molecular complexity index is 463. The van der Waals surface area contributed by atoms with E-state index in [1.54, 1.807) is 6.07 Å². The first-order valence-corrected chi connectivity index (χ1v) is 6.44. The second-order valence-electron chi connectivity index (χ2n) is 4.44. The van der Waals surface area contributed by atoms with Crippen LogP contribution in [-0.4, -0.2) is 42.3 Å². The lowest BCUT2D eigenvalue weighted by Crippen LogP contribution is -2.39.